The van der Waals surface area contributed by atoms with Crippen LogP contribution in [0.1, 0.15) is 19.3 Å². The average molecular weight is 317 g/mol. The monoisotopic (exact) mass is 316 g/mol. The topological polar surface area (TPSA) is 69.6 Å². The molecule has 0 aromatic carbocycles. The quantitative estimate of drug-likeness (QED) is 0.674. The zero-order valence-corrected chi connectivity index (χ0v) is 13.0. The summed E-state index contributed by atoms with van der Waals surface area (Å²) in [5.74, 6) is 0.588. The standard InChI is InChI=1S/C13H21ClN4O3/c1-19-7-8-20-9-10-21-13-16-11(14)15-12(17-13)18-5-3-2-4-6-18/h2-10H2,1H3. The first-order valence-electron chi connectivity index (χ1n) is 7.15. The largest absolute Gasteiger partial charge is 0.461 e. The predicted molar refractivity (Wildman–Crippen MR) is 79.1 cm³/mol. The van der Waals surface area contributed by atoms with Crippen molar-refractivity contribution in [2.75, 3.05) is 51.5 Å². The van der Waals surface area contributed by atoms with Crippen LogP contribution in [0, 0.1) is 0 Å². The molecule has 1 fully saturated rings. The van der Waals surface area contributed by atoms with Gasteiger partial charge in [-0.1, -0.05) is 0 Å². The van der Waals surface area contributed by atoms with E-state index in [9.17, 15) is 0 Å². The number of halogens is 1. The van der Waals surface area contributed by atoms with Crippen molar-refractivity contribution < 1.29 is 14.2 Å². The Morgan fingerprint density at radius 3 is 2.52 bits per heavy atom. The lowest BCUT2D eigenvalue weighted by Crippen LogP contribution is -2.31. The Bertz CT molecular complexity index is 430. The van der Waals surface area contributed by atoms with Gasteiger partial charge in [0.1, 0.15) is 6.61 Å². The van der Waals surface area contributed by atoms with Gasteiger partial charge in [0.25, 0.3) is 0 Å². The van der Waals surface area contributed by atoms with Gasteiger partial charge in [0.05, 0.1) is 19.8 Å². The number of rotatable bonds is 8. The van der Waals surface area contributed by atoms with Crippen molar-refractivity contribution in [1.82, 2.24) is 15.0 Å². The van der Waals surface area contributed by atoms with Crippen LogP contribution in [0.3, 0.4) is 0 Å². The van der Waals surface area contributed by atoms with Crippen molar-refractivity contribution in [3.05, 3.63) is 5.28 Å². The van der Waals surface area contributed by atoms with Crippen LogP contribution in [0.25, 0.3) is 0 Å². The zero-order valence-electron chi connectivity index (χ0n) is 12.3. The number of methoxy groups -OCH3 is 1. The van der Waals surface area contributed by atoms with Crippen LogP contribution < -0.4 is 9.64 Å². The van der Waals surface area contributed by atoms with E-state index in [-0.39, 0.29) is 11.3 Å². The molecule has 1 aliphatic rings. The van der Waals surface area contributed by atoms with Gasteiger partial charge in [-0.3, -0.25) is 0 Å². The molecule has 0 amide bonds. The Labute approximate surface area is 129 Å². The molecular formula is C13H21ClN4O3. The highest BCUT2D eigenvalue weighted by Crippen LogP contribution is 2.19. The molecule has 0 aliphatic carbocycles. The minimum atomic E-state index is 0.154. The van der Waals surface area contributed by atoms with Gasteiger partial charge in [-0.15, -0.1) is 0 Å². The molecule has 0 bridgehead atoms. The van der Waals surface area contributed by atoms with Crippen LogP contribution in [0.2, 0.25) is 5.28 Å². The van der Waals surface area contributed by atoms with Crippen LogP contribution in [-0.4, -0.2) is 61.6 Å². The third-order valence-corrected chi connectivity index (χ3v) is 3.27. The Kier molecular flexibility index (Phi) is 6.91. The lowest BCUT2D eigenvalue weighted by Gasteiger charge is -2.26. The first-order chi connectivity index (χ1) is 10.3. The number of aromatic nitrogens is 3. The second kappa shape index (κ2) is 8.96. The van der Waals surface area contributed by atoms with Gasteiger partial charge in [-0.05, 0) is 30.9 Å². The maximum atomic E-state index is 5.93. The zero-order chi connectivity index (χ0) is 14.9. The first kappa shape index (κ1) is 16.2. The molecule has 2 heterocycles. The summed E-state index contributed by atoms with van der Waals surface area (Å²) < 4.78 is 15.7. The number of nitrogens with zero attached hydrogens (tertiary/aromatic N) is 4. The number of ether oxygens (including phenoxy) is 3. The van der Waals surface area contributed by atoms with Crippen molar-refractivity contribution in [2.45, 2.75) is 19.3 Å². The molecule has 0 atom stereocenters. The summed E-state index contributed by atoms with van der Waals surface area (Å²) in [7, 11) is 1.63. The second-order valence-electron chi connectivity index (χ2n) is 4.69. The fourth-order valence-electron chi connectivity index (χ4n) is 2.06. The van der Waals surface area contributed by atoms with Crippen LogP contribution in [-0.2, 0) is 9.47 Å². The van der Waals surface area contributed by atoms with E-state index in [1.54, 1.807) is 7.11 Å². The van der Waals surface area contributed by atoms with Crippen molar-refractivity contribution in [3.8, 4) is 6.01 Å². The minimum Gasteiger partial charge on any atom is -0.461 e. The summed E-state index contributed by atoms with van der Waals surface area (Å²) in [6, 6.07) is 0.242. The highest BCUT2D eigenvalue weighted by molar-refractivity contribution is 6.28. The summed E-state index contributed by atoms with van der Waals surface area (Å²) in [4.78, 5) is 14.6. The maximum Gasteiger partial charge on any atom is 0.322 e. The normalized spacial score (nSPS) is 15.2. The van der Waals surface area contributed by atoms with Crippen molar-refractivity contribution in [2.24, 2.45) is 0 Å². The van der Waals surface area contributed by atoms with Gasteiger partial charge in [-0.25, -0.2) is 0 Å². The van der Waals surface area contributed by atoms with Gasteiger partial charge >= 0.3 is 6.01 Å². The average Bonchev–Trinajstić information content (AvgIpc) is 2.51. The van der Waals surface area contributed by atoms with E-state index in [2.05, 4.69) is 19.9 Å². The van der Waals surface area contributed by atoms with E-state index in [0.717, 1.165) is 25.9 Å². The number of anilines is 1. The molecule has 118 valence electrons. The Hall–Kier alpha value is -1.18. The summed E-state index contributed by atoms with van der Waals surface area (Å²) in [6.45, 7) is 3.81. The van der Waals surface area contributed by atoms with Gasteiger partial charge < -0.3 is 19.1 Å². The lowest BCUT2D eigenvalue weighted by atomic mass is 10.1. The third kappa shape index (κ3) is 5.61. The van der Waals surface area contributed by atoms with Crippen LogP contribution in [0.4, 0.5) is 5.95 Å². The molecule has 0 radical (unpaired) electrons. The number of piperidine rings is 1. The third-order valence-electron chi connectivity index (χ3n) is 3.11. The van der Waals surface area contributed by atoms with Crippen molar-refractivity contribution >= 4 is 17.5 Å². The van der Waals surface area contributed by atoms with Crippen molar-refractivity contribution in [3.63, 3.8) is 0 Å². The summed E-state index contributed by atoms with van der Waals surface area (Å²) >= 11 is 5.93. The summed E-state index contributed by atoms with van der Waals surface area (Å²) in [6.07, 6.45) is 3.54. The first-order valence-corrected chi connectivity index (χ1v) is 7.53. The second-order valence-corrected chi connectivity index (χ2v) is 5.03. The van der Waals surface area contributed by atoms with E-state index in [1.807, 2.05) is 0 Å². The van der Waals surface area contributed by atoms with Gasteiger partial charge in [0.15, 0.2) is 0 Å². The highest BCUT2D eigenvalue weighted by Gasteiger charge is 2.16. The van der Waals surface area contributed by atoms with Crippen LogP contribution >= 0.6 is 11.6 Å². The molecule has 1 saturated heterocycles. The van der Waals surface area contributed by atoms with E-state index in [4.69, 9.17) is 25.8 Å². The van der Waals surface area contributed by atoms with E-state index in [0.29, 0.717) is 32.4 Å². The molecule has 1 aromatic rings. The molecule has 21 heavy (non-hydrogen) atoms. The SMILES string of the molecule is COCCOCCOc1nc(Cl)nc(N2CCCCC2)n1. The Balaban J connectivity index is 1.83. The fourth-order valence-corrected chi connectivity index (χ4v) is 2.21. The fraction of sp³-hybridized carbons (Fsp3) is 0.769. The molecule has 0 N–H and O–H groups in total. The molecule has 1 aliphatic heterocycles. The predicted octanol–water partition coefficient (Wildman–Crippen LogP) is 1.56. The summed E-state index contributed by atoms with van der Waals surface area (Å²) in [5.41, 5.74) is 0. The Morgan fingerprint density at radius 1 is 1.00 bits per heavy atom. The molecular weight excluding hydrogens is 296 g/mol. The molecule has 0 unspecified atom stereocenters. The molecule has 8 heteroatoms. The van der Waals surface area contributed by atoms with Gasteiger partial charge in [0, 0.05) is 20.2 Å². The minimum absolute atomic E-state index is 0.154. The molecule has 1 aromatic heterocycles. The highest BCUT2D eigenvalue weighted by atomic mass is 35.5. The number of hydrogen-bond acceptors (Lipinski definition) is 7. The van der Waals surface area contributed by atoms with Gasteiger partial charge in [-0.2, -0.15) is 15.0 Å². The Morgan fingerprint density at radius 2 is 1.76 bits per heavy atom. The summed E-state index contributed by atoms with van der Waals surface area (Å²) in [5, 5.41) is 0.154. The maximum absolute atomic E-state index is 5.93. The van der Waals surface area contributed by atoms with E-state index >= 15 is 0 Å². The van der Waals surface area contributed by atoms with Crippen LogP contribution in [0.15, 0.2) is 0 Å². The molecule has 0 saturated carbocycles. The van der Waals surface area contributed by atoms with E-state index in [1.165, 1.54) is 6.42 Å². The molecule has 2 rings (SSSR count). The number of hydrogen-bond donors (Lipinski definition) is 0. The molecule has 7 nitrogen and oxygen atoms in total. The lowest BCUT2D eigenvalue weighted by molar-refractivity contribution is 0.0528. The van der Waals surface area contributed by atoms with Gasteiger partial charge in [0.2, 0.25) is 11.2 Å². The van der Waals surface area contributed by atoms with Crippen molar-refractivity contribution in [1.29, 1.82) is 0 Å². The van der Waals surface area contributed by atoms with E-state index < -0.39 is 0 Å². The van der Waals surface area contributed by atoms with Crippen LogP contribution in [0.5, 0.6) is 6.01 Å². The molecule has 0 spiro atoms. The smallest absolute Gasteiger partial charge is 0.322 e.